The molecule has 0 aromatic carbocycles. The van der Waals surface area contributed by atoms with Crippen molar-refractivity contribution in [3.63, 3.8) is 0 Å². The maximum Gasteiger partial charge on any atom is 0.409 e. The molecular formula is C24H37N3O3. The summed E-state index contributed by atoms with van der Waals surface area (Å²) in [6.07, 6.45) is 8.77. The first-order chi connectivity index (χ1) is 14.4. The first kappa shape index (κ1) is 21.4. The number of hydrogen-bond acceptors (Lipinski definition) is 4. The summed E-state index contributed by atoms with van der Waals surface area (Å²) in [6.45, 7) is 12.1. The highest BCUT2D eigenvalue weighted by molar-refractivity contribution is 5.95. The molecule has 0 aromatic heterocycles. The van der Waals surface area contributed by atoms with Crippen LogP contribution in [-0.4, -0.2) is 72.1 Å². The van der Waals surface area contributed by atoms with E-state index in [2.05, 4.69) is 30.2 Å². The highest BCUT2D eigenvalue weighted by atomic mass is 16.5. The number of piperidine rings is 2. The van der Waals surface area contributed by atoms with Crippen molar-refractivity contribution in [1.29, 1.82) is 0 Å². The van der Waals surface area contributed by atoms with Crippen LogP contribution in [-0.2, 0) is 9.53 Å². The number of methoxy groups -OCH3 is 1. The third kappa shape index (κ3) is 3.68. The molecule has 1 saturated carbocycles. The number of amides is 2. The fraction of sp³-hybridized carbons (Fsp3) is 0.750. The summed E-state index contributed by atoms with van der Waals surface area (Å²) < 4.78 is 4.85. The van der Waals surface area contributed by atoms with E-state index in [1.165, 1.54) is 18.4 Å². The molecule has 1 spiro atoms. The smallest absolute Gasteiger partial charge is 0.409 e. The number of hydrogen-bond donors (Lipinski definition) is 0. The van der Waals surface area contributed by atoms with Crippen LogP contribution < -0.4 is 0 Å². The van der Waals surface area contributed by atoms with Crippen molar-refractivity contribution in [3.05, 3.63) is 23.9 Å². The number of nitrogens with zero attached hydrogens (tertiary/aromatic N) is 3. The average molecular weight is 416 g/mol. The predicted octanol–water partition coefficient (Wildman–Crippen LogP) is 3.79. The van der Waals surface area contributed by atoms with Gasteiger partial charge in [-0.15, -0.1) is 0 Å². The van der Waals surface area contributed by atoms with Gasteiger partial charge in [-0.25, -0.2) is 4.79 Å². The number of allylic oxidation sites excluding steroid dienone is 2. The number of carbonyl (C=O) groups is 2. The monoisotopic (exact) mass is 415 g/mol. The molecule has 166 valence electrons. The number of likely N-dealkylation sites (tertiary alicyclic amines) is 2. The molecule has 3 fully saturated rings. The summed E-state index contributed by atoms with van der Waals surface area (Å²) in [6, 6.07) is 0.845. The predicted molar refractivity (Wildman–Crippen MR) is 117 cm³/mol. The van der Waals surface area contributed by atoms with Gasteiger partial charge < -0.3 is 19.4 Å². The van der Waals surface area contributed by atoms with Crippen molar-refractivity contribution in [3.8, 4) is 0 Å². The Morgan fingerprint density at radius 3 is 2.23 bits per heavy atom. The Morgan fingerprint density at radius 1 is 1.13 bits per heavy atom. The molecule has 0 bridgehead atoms. The van der Waals surface area contributed by atoms with Crippen LogP contribution in [0, 0.1) is 11.3 Å². The van der Waals surface area contributed by atoms with Crippen LogP contribution in [0.25, 0.3) is 0 Å². The molecule has 0 N–H and O–H groups in total. The molecular weight excluding hydrogens is 378 g/mol. The van der Waals surface area contributed by atoms with Gasteiger partial charge in [0.1, 0.15) is 0 Å². The molecule has 0 unspecified atom stereocenters. The van der Waals surface area contributed by atoms with Gasteiger partial charge in [-0.3, -0.25) is 4.79 Å². The SMILES string of the molecule is C=CC1=C(CC(C)C)N(C2CCN(C3CCN(C(=O)OC)CC3)CC2)C(=O)C12CC2. The van der Waals surface area contributed by atoms with Crippen molar-refractivity contribution in [2.45, 2.75) is 70.9 Å². The van der Waals surface area contributed by atoms with E-state index in [9.17, 15) is 9.59 Å². The summed E-state index contributed by atoms with van der Waals surface area (Å²) in [5, 5.41) is 0. The zero-order valence-electron chi connectivity index (χ0n) is 18.9. The standard InChI is InChI=1S/C24H37N3O3/c1-5-20-21(16-17(2)3)27(22(28)24(20)10-11-24)19-8-12-25(13-9-19)18-6-14-26(15-7-18)23(29)30-4/h5,17-19H,1,6-16H2,2-4H3. The Bertz CT molecular complexity index is 724. The second-order valence-corrected chi connectivity index (χ2v) is 9.88. The van der Waals surface area contributed by atoms with E-state index >= 15 is 0 Å². The zero-order valence-corrected chi connectivity index (χ0v) is 18.9. The lowest BCUT2D eigenvalue weighted by molar-refractivity contribution is -0.134. The molecule has 0 radical (unpaired) electrons. The van der Waals surface area contributed by atoms with E-state index < -0.39 is 0 Å². The molecule has 2 saturated heterocycles. The summed E-state index contributed by atoms with van der Waals surface area (Å²) >= 11 is 0. The zero-order chi connectivity index (χ0) is 21.5. The van der Waals surface area contributed by atoms with Gasteiger partial charge in [0.15, 0.2) is 0 Å². The molecule has 4 rings (SSSR count). The lowest BCUT2D eigenvalue weighted by Crippen LogP contribution is -2.52. The Labute approximate surface area is 180 Å². The quantitative estimate of drug-likeness (QED) is 0.686. The van der Waals surface area contributed by atoms with Crippen LogP contribution in [0.3, 0.4) is 0 Å². The second kappa shape index (κ2) is 8.37. The van der Waals surface area contributed by atoms with Gasteiger partial charge in [-0.2, -0.15) is 0 Å². The normalized spacial score (nSPS) is 25.5. The fourth-order valence-corrected chi connectivity index (χ4v) is 5.83. The van der Waals surface area contributed by atoms with E-state index in [4.69, 9.17) is 4.74 Å². The summed E-state index contributed by atoms with van der Waals surface area (Å²) in [5.41, 5.74) is 2.25. The van der Waals surface area contributed by atoms with E-state index in [0.717, 1.165) is 71.1 Å². The minimum atomic E-state index is -0.232. The molecule has 6 heteroatoms. The number of rotatable bonds is 5. The molecule has 0 atom stereocenters. The molecule has 3 heterocycles. The minimum Gasteiger partial charge on any atom is -0.453 e. The lowest BCUT2D eigenvalue weighted by Gasteiger charge is -2.43. The highest BCUT2D eigenvalue weighted by Crippen LogP contribution is 2.60. The van der Waals surface area contributed by atoms with Crippen LogP contribution in [0.5, 0.6) is 0 Å². The lowest BCUT2D eigenvalue weighted by atomic mass is 9.95. The second-order valence-electron chi connectivity index (χ2n) is 9.88. The minimum absolute atomic E-state index is 0.212. The van der Waals surface area contributed by atoms with Gasteiger partial charge in [0.2, 0.25) is 5.91 Å². The van der Waals surface area contributed by atoms with Gasteiger partial charge in [-0.1, -0.05) is 26.5 Å². The van der Waals surface area contributed by atoms with Crippen LogP contribution in [0.4, 0.5) is 4.79 Å². The Kier molecular flexibility index (Phi) is 5.97. The van der Waals surface area contributed by atoms with Crippen LogP contribution in [0.15, 0.2) is 23.9 Å². The third-order valence-electron chi connectivity index (χ3n) is 7.58. The topological polar surface area (TPSA) is 53.1 Å². The number of ether oxygens (including phenoxy) is 1. The third-order valence-corrected chi connectivity index (χ3v) is 7.58. The molecule has 0 aromatic rings. The molecule has 6 nitrogen and oxygen atoms in total. The average Bonchev–Trinajstić information content (AvgIpc) is 3.51. The van der Waals surface area contributed by atoms with Crippen LogP contribution >= 0.6 is 0 Å². The van der Waals surface area contributed by atoms with Crippen molar-refractivity contribution >= 4 is 12.0 Å². The van der Waals surface area contributed by atoms with E-state index in [1.54, 1.807) is 4.90 Å². The van der Waals surface area contributed by atoms with Crippen molar-refractivity contribution in [2.24, 2.45) is 11.3 Å². The maximum absolute atomic E-state index is 13.4. The molecule has 1 aliphatic carbocycles. The highest BCUT2D eigenvalue weighted by Gasteiger charge is 2.60. The fourth-order valence-electron chi connectivity index (χ4n) is 5.83. The molecule has 4 aliphatic rings. The first-order valence-corrected chi connectivity index (χ1v) is 11.7. The summed E-state index contributed by atoms with van der Waals surface area (Å²) in [5.74, 6) is 0.872. The van der Waals surface area contributed by atoms with Crippen molar-refractivity contribution in [2.75, 3.05) is 33.3 Å². The van der Waals surface area contributed by atoms with E-state index in [0.29, 0.717) is 23.9 Å². The van der Waals surface area contributed by atoms with Gasteiger partial charge in [0, 0.05) is 44.0 Å². The van der Waals surface area contributed by atoms with Crippen molar-refractivity contribution < 1.29 is 14.3 Å². The molecule has 2 amide bonds. The van der Waals surface area contributed by atoms with Gasteiger partial charge in [0.05, 0.1) is 12.5 Å². The Balaban J connectivity index is 1.39. The van der Waals surface area contributed by atoms with E-state index in [-0.39, 0.29) is 11.5 Å². The Morgan fingerprint density at radius 2 is 1.73 bits per heavy atom. The molecule has 3 aliphatic heterocycles. The van der Waals surface area contributed by atoms with Crippen LogP contribution in [0.2, 0.25) is 0 Å². The Hall–Kier alpha value is -1.82. The molecule has 30 heavy (non-hydrogen) atoms. The maximum atomic E-state index is 13.4. The first-order valence-electron chi connectivity index (χ1n) is 11.7. The largest absolute Gasteiger partial charge is 0.453 e. The van der Waals surface area contributed by atoms with E-state index in [1.807, 2.05) is 6.08 Å². The summed E-state index contributed by atoms with van der Waals surface area (Å²) in [4.78, 5) is 31.7. The van der Waals surface area contributed by atoms with Gasteiger partial charge >= 0.3 is 6.09 Å². The summed E-state index contributed by atoms with van der Waals surface area (Å²) in [7, 11) is 1.45. The van der Waals surface area contributed by atoms with Gasteiger partial charge in [0.25, 0.3) is 0 Å². The van der Waals surface area contributed by atoms with Crippen LogP contribution in [0.1, 0.15) is 58.8 Å². The van der Waals surface area contributed by atoms with Gasteiger partial charge in [-0.05, 0) is 56.4 Å². The number of carbonyl (C=O) groups excluding carboxylic acids is 2. The van der Waals surface area contributed by atoms with Crippen molar-refractivity contribution in [1.82, 2.24) is 14.7 Å².